The van der Waals surface area contributed by atoms with Gasteiger partial charge in [-0.05, 0) is 18.8 Å². The van der Waals surface area contributed by atoms with E-state index in [1.165, 1.54) is 12.8 Å². The van der Waals surface area contributed by atoms with Crippen LogP contribution in [0.5, 0.6) is 0 Å². The molecule has 2 rings (SSSR count). The molecule has 0 radical (unpaired) electrons. The lowest BCUT2D eigenvalue weighted by Crippen LogP contribution is -2.29. The molecule has 6 heteroatoms. The first-order valence-corrected chi connectivity index (χ1v) is 9.69. The summed E-state index contributed by atoms with van der Waals surface area (Å²) in [7, 11) is -3.51. The summed E-state index contributed by atoms with van der Waals surface area (Å²) in [6.07, 6.45) is 6.31. The van der Waals surface area contributed by atoms with Crippen LogP contribution in [0.4, 0.5) is 0 Å². The molecule has 0 aliphatic heterocycles. The maximum atomic E-state index is 12.7. The number of hydrogen-bond donors (Lipinski definition) is 1. The Balaban J connectivity index is 2.39. The molecule has 0 unspecified atom stereocenters. The molecule has 1 saturated carbocycles. The van der Waals surface area contributed by atoms with E-state index in [9.17, 15) is 8.42 Å². The maximum absolute atomic E-state index is 12.7. The molecule has 22 heavy (non-hydrogen) atoms. The van der Waals surface area contributed by atoms with E-state index < -0.39 is 10.0 Å². The molecule has 0 bridgehead atoms. The van der Waals surface area contributed by atoms with Crippen molar-refractivity contribution in [1.29, 1.82) is 0 Å². The molecule has 1 aliphatic rings. The summed E-state index contributed by atoms with van der Waals surface area (Å²) >= 11 is 0. The van der Waals surface area contributed by atoms with E-state index in [1.807, 2.05) is 39.3 Å². The molecule has 0 amide bonds. The SMILES string of the molecule is CC(C)CNS(=O)(=O)c1cn(C2CCCC2)nc1C(C)(C)C. The second kappa shape index (κ2) is 6.32. The highest BCUT2D eigenvalue weighted by molar-refractivity contribution is 7.89. The van der Waals surface area contributed by atoms with Crippen LogP contribution in [-0.2, 0) is 15.4 Å². The summed E-state index contributed by atoms with van der Waals surface area (Å²) in [6.45, 7) is 10.5. The minimum absolute atomic E-state index is 0.276. The van der Waals surface area contributed by atoms with Crippen LogP contribution < -0.4 is 4.72 Å². The van der Waals surface area contributed by atoms with Crippen molar-refractivity contribution < 1.29 is 8.42 Å². The van der Waals surface area contributed by atoms with E-state index in [0.717, 1.165) is 12.8 Å². The number of rotatable bonds is 5. The molecule has 1 aliphatic carbocycles. The van der Waals surface area contributed by atoms with E-state index >= 15 is 0 Å². The Kier molecular flexibility index (Phi) is 5.02. The first kappa shape index (κ1) is 17.5. The molecule has 1 aromatic rings. The number of nitrogens with one attached hydrogen (secondary N) is 1. The zero-order valence-electron chi connectivity index (χ0n) is 14.4. The summed E-state index contributed by atoms with van der Waals surface area (Å²) in [4.78, 5) is 0.340. The van der Waals surface area contributed by atoms with Crippen LogP contribution in [0, 0.1) is 5.92 Å². The van der Waals surface area contributed by atoms with Crippen LogP contribution in [0.15, 0.2) is 11.1 Å². The van der Waals surface area contributed by atoms with Crippen molar-refractivity contribution in [2.24, 2.45) is 5.92 Å². The van der Waals surface area contributed by atoms with Gasteiger partial charge in [0.25, 0.3) is 0 Å². The first-order chi connectivity index (χ1) is 10.1. The average molecular weight is 327 g/mol. The summed E-state index contributed by atoms with van der Waals surface area (Å²) in [5.41, 5.74) is 0.363. The van der Waals surface area contributed by atoms with Gasteiger partial charge in [0, 0.05) is 18.2 Å². The fourth-order valence-corrected chi connectivity index (χ4v) is 4.36. The third-order valence-corrected chi connectivity index (χ3v) is 5.50. The second-order valence-corrected chi connectivity index (χ2v) is 9.49. The van der Waals surface area contributed by atoms with Crippen molar-refractivity contribution in [2.75, 3.05) is 6.54 Å². The minimum Gasteiger partial charge on any atom is -0.268 e. The molecular weight excluding hydrogens is 298 g/mol. The molecule has 0 spiro atoms. The summed E-state index contributed by atoms with van der Waals surface area (Å²) in [6, 6.07) is 0.343. The first-order valence-electron chi connectivity index (χ1n) is 8.20. The minimum atomic E-state index is -3.51. The van der Waals surface area contributed by atoms with Gasteiger partial charge in [-0.25, -0.2) is 13.1 Å². The zero-order valence-corrected chi connectivity index (χ0v) is 15.2. The normalized spacial score (nSPS) is 17.5. The van der Waals surface area contributed by atoms with Crippen molar-refractivity contribution in [3.63, 3.8) is 0 Å². The van der Waals surface area contributed by atoms with Crippen LogP contribution >= 0.6 is 0 Å². The van der Waals surface area contributed by atoms with Crippen LogP contribution in [0.2, 0.25) is 0 Å². The highest BCUT2D eigenvalue weighted by Crippen LogP contribution is 2.33. The molecular formula is C16H29N3O2S. The summed E-state index contributed by atoms with van der Waals surface area (Å²) in [5.74, 6) is 0.276. The Morgan fingerprint density at radius 3 is 2.41 bits per heavy atom. The van der Waals surface area contributed by atoms with Crippen LogP contribution in [0.3, 0.4) is 0 Å². The molecule has 0 aromatic carbocycles. The average Bonchev–Trinajstić information content (AvgIpc) is 3.04. The van der Waals surface area contributed by atoms with Crippen molar-refractivity contribution in [2.45, 2.75) is 76.7 Å². The van der Waals surface area contributed by atoms with E-state index in [-0.39, 0.29) is 11.3 Å². The summed E-state index contributed by atoms with van der Waals surface area (Å²) < 4.78 is 29.9. The van der Waals surface area contributed by atoms with Gasteiger partial charge in [0.2, 0.25) is 10.0 Å². The van der Waals surface area contributed by atoms with Crippen LogP contribution in [0.1, 0.15) is 72.0 Å². The molecule has 1 N–H and O–H groups in total. The Labute approximate surface area is 134 Å². The number of sulfonamides is 1. The lowest BCUT2D eigenvalue weighted by atomic mass is 9.92. The third kappa shape index (κ3) is 3.90. The number of aromatic nitrogens is 2. The van der Waals surface area contributed by atoms with E-state index in [0.29, 0.717) is 23.2 Å². The van der Waals surface area contributed by atoms with Crippen LogP contribution in [0.25, 0.3) is 0 Å². The van der Waals surface area contributed by atoms with Gasteiger partial charge >= 0.3 is 0 Å². The summed E-state index contributed by atoms with van der Waals surface area (Å²) in [5, 5.41) is 4.65. The molecule has 1 aromatic heterocycles. The van der Waals surface area contributed by atoms with E-state index in [1.54, 1.807) is 6.20 Å². The fraction of sp³-hybridized carbons (Fsp3) is 0.812. The van der Waals surface area contributed by atoms with Gasteiger partial charge in [-0.2, -0.15) is 5.10 Å². The second-order valence-electron chi connectivity index (χ2n) is 7.76. The molecule has 1 fully saturated rings. The van der Waals surface area contributed by atoms with Gasteiger partial charge in [-0.15, -0.1) is 0 Å². The van der Waals surface area contributed by atoms with Crippen molar-refractivity contribution >= 4 is 10.0 Å². The molecule has 1 heterocycles. The fourth-order valence-electron chi connectivity index (χ4n) is 2.80. The standard InChI is InChI=1S/C16H29N3O2S/c1-12(2)10-17-22(20,21)14-11-19(13-8-6-7-9-13)18-15(14)16(3,4)5/h11-13,17H,6-10H2,1-5H3. The predicted molar refractivity (Wildman–Crippen MR) is 88.5 cm³/mol. The van der Waals surface area contributed by atoms with Gasteiger partial charge in [0.05, 0.1) is 11.7 Å². The van der Waals surface area contributed by atoms with Gasteiger partial charge < -0.3 is 0 Å². The molecule has 126 valence electrons. The lowest BCUT2D eigenvalue weighted by Gasteiger charge is -2.18. The zero-order chi connectivity index (χ0) is 16.5. The Morgan fingerprint density at radius 1 is 1.32 bits per heavy atom. The van der Waals surface area contributed by atoms with Crippen LogP contribution in [-0.4, -0.2) is 24.7 Å². The lowest BCUT2D eigenvalue weighted by molar-refractivity contribution is 0.448. The van der Waals surface area contributed by atoms with Gasteiger partial charge in [-0.3, -0.25) is 4.68 Å². The van der Waals surface area contributed by atoms with E-state index in [4.69, 9.17) is 0 Å². The Bertz CT molecular complexity index is 606. The molecule has 0 atom stereocenters. The highest BCUT2D eigenvalue weighted by atomic mass is 32.2. The van der Waals surface area contributed by atoms with Crippen molar-refractivity contribution in [3.8, 4) is 0 Å². The maximum Gasteiger partial charge on any atom is 0.244 e. The predicted octanol–water partition coefficient (Wildman–Crippen LogP) is 3.23. The van der Waals surface area contributed by atoms with E-state index in [2.05, 4.69) is 9.82 Å². The Hall–Kier alpha value is -0.880. The molecule has 0 saturated heterocycles. The number of hydrogen-bond acceptors (Lipinski definition) is 3. The Morgan fingerprint density at radius 2 is 1.91 bits per heavy atom. The topological polar surface area (TPSA) is 64.0 Å². The molecule has 5 nitrogen and oxygen atoms in total. The smallest absolute Gasteiger partial charge is 0.244 e. The quantitative estimate of drug-likeness (QED) is 0.903. The van der Waals surface area contributed by atoms with Gasteiger partial charge in [0.1, 0.15) is 4.90 Å². The van der Waals surface area contributed by atoms with Crippen molar-refractivity contribution in [3.05, 3.63) is 11.9 Å². The largest absolute Gasteiger partial charge is 0.268 e. The number of nitrogens with zero attached hydrogens (tertiary/aromatic N) is 2. The third-order valence-electron chi connectivity index (χ3n) is 4.08. The van der Waals surface area contributed by atoms with Gasteiger partial charge in [-0.1, -0.05) is 47.5 Å². The monoisotopic (exact) mass is 327 g/mol. The highest BCUT2D eigenvalue weighted by Gasteiger charge is 2.31. The van der Waals surface area contributed by atoms with Gasteiger partial charge in [0.15, 0.2) is 0 Å². The van der Waals surface area contributed by atoms with Crippen molar-refractivity contribution in [1.82, 2.24) is 14.5 Å².